The first-order valence-electron chi connectivity index (χ1n) is 9.44. The number of unbranched alkanes of at least 4 members (excludes halogenated alkanes) is 1. The number of esters is 1. The van der Waals surface area contributed by atoms with E-state index < -0.39 is 0 Å². The first-order chi connectivity index (χ1) is 11.1. The molecule has 0 amide bonds. The van der Waals surface area contributed by atoms with Gasteiger partial charge in [-0.3, -0.25) is 4.79 Å². The molecule has 0 aromatic heterocycles. The van der Waals surface area contributed by atoms with Crippen LogP contribution in [0.1, 0.15) is 71.3 Å². The van der Waals surface area contributed by atoms with Crippen LogP contribution in [-0.2, 0) is 11.2 Å². The Morgan fingerprint density at radius 1 is 1.13 bits per heavy atom. The summed E-state index contributed by atoms with van der Waals surface area (Å²) in [4.78, 5) is 12.5. The van der Waals surface area contributed by atoms with E-state index in [9.17, 15) is 4.79 Å². The first kappa shape index (κ1) is 18.0. The van der Waals surface area contributed by atoms with Gasteiger partial charge < -0.3 is 4.74 Å². The lowest BCUT2D eigenvalue weighted by Crippen LogP contribution is -2.32. The van der Waals surface area contributed by atoms with Gasteiger partial charge in [-0.1, -0.05) is 52.2 Å². The van der Waals surface area contributed by atoms with Gasteiger partial charge in [-0.05, 0) is 61.6 Å². The summed E-state index contributed by atoms with van der Waals surface area (Å²) in [6, 6.07) is 8.05. The molecule has 1 fully saturated rings. The van der Waals surface area contributed by atoms with Gasteiger partial charge in [-0.2, -0.15) is 0 Å². The number of rotatable bonds is 7. The Hall–Kier alpha value is -1.31. The Morgan fingerprint density at radius 3 is 2.48 bits per heavy atom. The van der Waals surface area contributed by atoms with Gasteiger partial charge in [0.15, 0.2) is 0 Å². The van der Waals surface area contributed by atoms with Crippen molar-refractivity contribution in [1.82, 2.24) is 0 Å². The topological polar surface area (TPSA) is 26.3 Å². The summed E-state index contributed by atoms with van der Waals surface area (Å²) in [5, 5.41) is 0. The third kappa shape index (κ3) is 5.37. The van der Waals surface area contributed by atoms with E-state index in [0.29, 0.717) is 11.7 Å². The molecule has 1 aliphatic rings. The summed E-state index contributed by atoms with van der Waals surface area (Å²) in [5.41, 5.74) is 1.32. The molecule has 3 atom stereocenters. The fourth-order valence-corrected chi connectivity index (χ4v) is 3.83. The molecule has 2 nitrogen and oxygen atoms in total. The average molecular weight is 316 g/mol. The Labute approximate surface area is 141 Å². The molecule has 2 rings (SSSR count). The molecule has 0 unspecified atom stereocenters. The summed E-state index contributed by atoms with van der Waals surface area (Å²) in [6.07, 6.45) is 9.38. The van der Waals surface area contributed by atoms with Gasteiger partial charge >= 0.3 is 5.97 Å². The van der Waals surface area contributed by atoms with E-state index in [4.69, 9.17) is 4.74 Å². The zero-order chi connectivity index (χ0) is 16.7. The molecule has 0 bridgehead atoms. The summed E-state index contributed by atoms with van der Waals surface area (Å²) in [6.45, 7) is 6.66. The van der Waals surface area contributed by atoms with Crippen LogP contribution in [0.2, 0.25) is 0 Å². The van der Waals surface area contributed by atoms with E-state index in [1.807, 2.05) is 12.1 Å². The van der Waals surface area contributed by atoms with E-state index in [2.05, 4.69) is 32.9 Å². The molecule has 0 saturated heterocycles. The molecule has 1 aromatic carbocycles. The summed E-state index contributed by atoms with van der Waals surface area (Å²) < 4.78 is 5.64. The summed E-state index contributed by atoms with van der Waals surface area (Å²) in [5.74, 6) is 1.98. The van der Waals surface area contributed by atoms with Crippen LogP contribution in [-0.4, -0.2) is 5.97 Å². The van der Waals surface area contributed by atoms with E-state index >= 15 is 0 Å². The highest BCUT2D eigenvalue weighted by Crippen LogP contribution is 2.36. The van der Waals surface area contributed by atoms with Crippen LogP contribution in [0.4, 0.5) is 0 Å². The maximum Gasteiger partial charge on any atom is 0.314 e. The zero-order valence-corrected chi connectivity index (χ0v) is 15.0. The normalized spacial score (nSPS) is 24.4. The van der Waals surface area contributed by atoms with Crippen molar-refractivity contribution < 1.29 is 9.53 Å². The third-order valence-corrected chi connectivity index (χ3v) is 5.24. The molecule has 0 spiro atoms. The number of ether oxygens (including phenoxy) is 1. The molecule has 1 aliphatic carbocycles. The van der Waals surface area contributed by atoms with Crippen LogP contribution in [0.15, 0.2) is 24.3 Å². The molecular formula is C21H32O2. The van der Waals surface area contributed by atoms with Crippen molar-refractivity contribution in [3.8, 4) is 5.75 Å². The predicted octanol–water partition coefficient (Wildman–Crippen LogP) is 5.79. The highest BCUT2D eigenvalue weighted by molar-refractivity contribution is 5.75. The van der Waals surface area contributed by atoms with Crippen LogP contribution in [0.25, 0.3) is 0 Å². The van der Waals surface area contributed by atoms with E-state index in [0.717, 1.165) is 18.8 Å². The maximum atomic E-state index is 12.5. The highest BCUT2D eigenvalue weighted by atomic mass is 16.5. The van der Waals surface area contributed by atoms with Crippen molar-refractivity contribution in [2.24, 2.45) is 17.8 Å². The van der Waals surface area contributed by atoms with Crippen LogP contribution < -0.4 is 4.74 Å². The second-order valence-corrected chi connectivity index (χ2v) is 7.22. The van der Waals surface area contributed by atoms with Crippen molar-refractivity contribution >= 4 is 5.97 Å². The van der Waals surface area contributed by atoms with Crippen molar-refractivity contribution in [2.75, 3.05) is 0 Å². The SMILES string of the molecule is CCCCc1ccc(OC(=O)[C@@H]2CC[C@H](CCC)C[C@H]2C)cc1. The second kappa shape index (κ2) is 9.10. The summed E-state index contributed by atoms with van der Waals surface area (Å²) >= 11 is 0. The summed E-state index contributed by atoms with van der Waals surface area (Å²) in [7, 11) is 0. The smallest absolute Gasteiger partial charge is 0.314 e. The molecule has 23 heavy (non-hydrogen) atoms. The van der Waals surface area contributed by atoms with Crippen molar-refractivity contribution in [1.29, 1.82) is 0 Å². The van der Waals surface area contributed by atoms with Gasteiger partial charge in [-0.15, -0.1) is 0 Å². The van der Waals surface area contributed by atoms with Crippen LogP contribution in [0.3, 0.4) is 0 Å². The zero-order valence-electron chi connectivity index (χ0n) is 15.0. The quantitative estimate of drug-likeness (QED) is 0.470. The predicted molar refractivity (Wildman–Crippen MR) is 95.6 cm³/mol. The monoisotopic (exact) mass is 316 g/mol. The van der Waals surface area contributed by atoms with Gasteiger partial charge in [0.25, 0.3) is 0 Å². The number of benzene rings is 1. The van der Waals surface area contributed by atoms with Crippen LogP contribution in [0, 0.1) is 17.8 Å². The van der Waals surface area contributed by atoms with E-state index in [1.165, 1.54) is 44.1 Å². The van der Waals surface area contributed by atoms with Crippen molar-refractivity contribution in [3.63, 3.8) is 0 Å². The van der Waals surface area contributed by atoms with E-state index in [-0.39, 0.29) is 11.9 Å². The lowest BCUT2D eigenvalue weighted by Gasteiger charge is -2.32. The van der Waals surface area contributed by atoms with Gasteiger partial charge in [0.05, 0.1) is 5.92 Å². The number of hydrogen-bond acceptors (Lipinski definition) is 2. The van der Waals surface area contributed by atoms with E-state index in [1.54, 1.807) is 0 Å². The molecule has 1 aromatic rings. The third-order valence-electron chi connectivity index (χ3n) is 5.24. The molecule has 0 heterocycles. The van der Waals surface area contributed by atoms with Gasteiger partial charge in [0, 0.05) is 0 Å². The van der Waals surface area contributed by atoms with Gasteiger partial charge in [0.1, 0.15) is 5.75 Å². The Morgan fingerprint density at radius 2 is 1.87 bits per heavy atom. The minimum absolute atomic E-state index is 0.0336. The Kier molecular flexibility index (Phi) is 7.14. The lowest BCUT2D eigenvalue weighted by atomic mass is 9.73. The number of hydrogen-bond donors (Lipinski definition) is 0. The fraction of sp³-hybridized carbons (Fsp3) is 0.667. The molecular weight excluding hydrogens is 284 g/mol. The standard InChI is InChI=1S/C21H32O2/c1-4-6-8-17-9-12-19(13-10-17)23-21(22)20-14-11-18(7-5-2)15-16(20)3/h9-10,12-13,16,18,20H,4-8,11,14-15H2,1-3H3/t16-,18+,20-/m1/s1. The average Bonchev–Trinajstić information content (AvgIpc) is 2.54. The first-order valence-corrected chi connectivity index (χ1v) is 9.44. The lowest BCUT2D eigenvalue weighted by molar-refractivity contribution is -0.142. The maximum absolute atomic E-state index is 12.5. The molecule has 0 N–H and O–H groups in total. The minimum atomic E-state index is -0.0336. The molecule has 2 heteroatoms. The fourth-order valence-electron chi connectivity index (χ4n) is 3.83. The Bertz CT molecular complexity index is 477. The molecule has 128 valence electrons. The molecule has 1 saturated carbocycles. The van der Waals surface area contributed by atoms with Crippen LogP contribution >= 0.6 is 0 Å². The minimum Gasteiger partial charge on any atom is -0.426 e. The number of aryl methyl sites for hydroxylation is 1. The Balaban J connectivity index is 1.86. The van der Waals surface area contributed by atoms with Crippen molar-refractivity contribution in [3.05, 3.63) is 29.8 Å². The number of carbonyl (C=O) groups is 1. The number of carbonyl (C=O) groups excluding carboxylic acids is 1. The van der Waals surface area contributed by atoms with Gasteiger partial charge in [-0.25, -0.2) is 0 Å². The molecule has 0 radical (unpaired) electrons. The van der Waals surface area contributed by atoms with Crippen molar-refractivity contribution in [2.45, 2.75) is 72.1 Å². The largest absolute Gasteiger partial charge is 0.426 e. The van der Waals surface area contributed by atoms with Gasteiger partial charge in [0.2, 0.25) is 0 Å². The highest BCUT2D eigenvalue weighted by Gasteiger charge is 2.33. The van der Waals surface area contributed by atoms with Crippen LogP contribution in [0.5, 0.6) is 5.75 Å². The second-order valence-electron chi connectivity index (χ2n) is 7.22. The molecule has 0 aliphatic heterocycles.